The maximum atomic E-state index is 9.87. The van der Waals surface area contributed by atoms with Crippen molar-refractivity contribution in [3.63, 3.8) is 0 Å². The van der Waals surface area contributed by atoms with Crippen molar-refractivity contribution in [2.75, 3.05) is 13.2 Å². The first-order valence-corrected chi connectivity index (χ1v) is 7.32. The fraction of sp³-hybridized carbons (Fsp3) is 0.625. The Bertz CT molecular complexity index is 382. The lowest BCUT2D eigenvalue weighted by Gasteiger charge is -2.18. The molecule has 0 bridgehead atoms. The smallest absolute Gasteiger partial charge is 0.119 e. The average molecular weight is 281 g/mol. The van der Waals surface area contributed by atoms with E-state index in [0.717, 1.165) is 12.2 Å². The summed E-state index contributed by atoms with van der Waals surface area (Å²) in [6.07, 6.45) is 0.754. The van der Waals surface area contributed by atoms with Gasteiger partial charge in [-0.1, -0.05) is 19.1 Å². The molecule has 0 heterocycles. The molecule has 0 saturated carbocycles. The van der Waals surface area contributed by atoms with Gasteiger partial charge in [-0.3, -0.25) is 0 Å². The van der Waals surface area contributed by atoms with Gasteiger partial charge in [0.15, 0.2) is 0 Å². The second kappa shape index (κ2) is 8.95. The number of aliphatic hydroxyl groups is 2. The Balaban J connectivity index is 2.27. The van der Waals surface area contributed by atoms with Gasteiger partial charge in [-0.05, 0) is 44.4 Å². The Kier molecular flexibility index (Phi) is 7.59. The van der Waals surface area contributed by atoms with Crippen LogP contribution in [0, 0.1) is 0 Å². The molecule has 20 heavy (non-hydrogen) atoms. The largest absolute Gasteiger partial charge is 0.491 e. The van der Waals surface area contributed by atoms with Gasteiger partial charge in [0.05, 0.1) is 6.10 Å². The summed E-state index contributed by atoms with van der Waals surface area (Å²) in [5.74, 6) is 0.792. The summed E-state index contributed by atoms with van der Waals surface area (Å²) in [7, 11) is 0. The molecule has 3 N–H and O–H groups in total. The minimum Gasteiger partial charge on any atom is -0.491 e. The molecule has 1 rings (SSSR count). The highest BCUT2D eigenvalue weighted by atomic mass is 16.5. The minimum atomic E-state index is -0.559. The third-order valence-electron chi connectivity index (χ3n) is 3.15. The number of aryl methyl sites for hydroxylation is 1. The Morgan fingerprint density at radius 2 is 2.00 bits per heavy atom. The van der Waals surface area contributed by atoms with Crippen LogP contribution in [-0.2, 0) is 6.42 Å². The van der Waals surface area contributed by atoms with Crippen molar-refractivity contribution in [3.8, 4) is 5.75 Å². The highest BCUT2D eigenvalue weighted by Crippen LogP contribution is 2.13. The Labute approximate surface area is 121 Å². The van der Waals surface area contributed by atoms with Crippen LogP contribution in [0.5, 0.6) is 5.75 Å². The fourth-order valence-corrected chi connectivity index (χ4v) is 2.04. The lowest BCUT2D eigenvalue weighted by atomic mass is 10.1. The van der Waals surface area contributed by atoms with Crippen LogP contribution in [0.1, 0.15) is 32.8 Å². The zero-order valence-corrected chi connectivity index (χ0v) is 12.7. The van der Waals surface area contributed by atoms with Crippen LogP contribution in [0.15, 0.2) is 24.3 Å². The van der Waals surface area contributed by atoms with Crippen molar-refractivity contribution >= 4 is 0 Å². The third-order valence-corrected chi connectivity index (χ3v) is 3.15. The molecule has 0 aliphatic rings. The molecule has 114 valence electrons. The molecule has 0 aliphatic carbocycles. The number of benzene rings is 1. The fourth-order valence-electron chi connectivity index (χ4n) is 2.04. The van der Waals surface area contributed by atoms with E-state index in [9.17, 15) is 10.2 Å². The predicted molar refractivity (Wildman–Crippen MR) is 81.1 cm³/mol. The van der Waals surface area contributed by atoms with Gasteiger partial charge >= 0.3 is 0 Å². The highest BCUT2D eigenvalue weighted by molar-refractivity contribution is 5.28. The normalized spacial score (nSPS) is 15.7. The zero-order valence-electron chi connectivity index (χ0n) is 12.7. The summed E-state index contributed by atoms with van der Waals surface area (Å²) in [6.45, 7) is 6.58. The molecule has 1 aromatic rings. The van der Waals surface area contributed by atoms with Crippen LogP contribution in [0.25, 0.3) is 0 Å². The molecule has 1 aromatic carbocycles. The van der Waals surface area contributed by atoms with Gasteiger partial charge in [-0.2, -0.15) is 0 Å². The van der Waals surface area contributed by atoms with Crippen LogP contribution < -0.4 is 10.1 Å². The molecule has 4 heteroatoms. The topological polar surface area (TPSA) is 61.7 Å². The number of nitrogens with one attached hydrogen (secondary N) is 1. The molecule has 4 nitrogen and oxygen atoms in total. The lowest BCUT2D eigenvalue weighted by molar-refractivity contribution is 0.100. The van der Waals surface area contributed by atoms with Gasteiger partial charge in [0, 0.05) is 12.6 Å². The molecule has 0 fully saturated rings. The Morgan fingerprint density at radius 1 is 1.25 bits per heavy atom. The van der Waals surface area contributed by atoms with Crippen LogP contribution in [0.3, 0.4) is 0 Å². The quantitative estimate of drug-likeness (QED) is 0.645. The van der Waals surface area contributed by atoms with E-state index >= 15 is 0 Å². The van der Waals surface area contributed by atoms with Crippen molar-refractivity contribution in [3.05, 3.63) is 29.8 Å². The highest BCUT2D eigenvalue weighted by Gasteiger charge is 2.10. The van der Waals surface area contributed by atoms with Crippen LogP contribution >= 0.6 is 0 Å². The molecular formula is C16H27NO3. The van der Waals surface area contributed by atoms with Crippen LogP contribution in [0.4, 0.5) is 0 Å². The minimum absolute atomic E-state index is 0.174. The van der Waals surface area contributed by atoms with Crippen LogP contribution in [-0.4, -0.2) is 41.6 Å². The Hall–Kier alpha value is -1.10. The molecule has 0 saturated heterocycles. The van der Waals surface area contributed by atoms with Crippen molar-refractivity contribution in [2.45, 2.75) is 51.9 Å². The summed E-state index contributed by atoms with van der Waals surface area (Å²) >= 11 is 0. The summed E-state index contributed by atoms with van der Waals surface area (Å²) in [5, 5.41) is 22.3. The molecule has 3 atom stereocenters. The summed E-state index contributed by atoms with van der Waals surface area (Å²) in [4.78, 5) is 0. The van der Waals surface area contributed by atoms with E-state index in [4.69, 9.17) is 4.74 Å². The van der Waals surface area contributed by atoms with Crippen molar-refractivity contribution < 1.29 is 14.9 Å². The van der Waals surface area contributed by atoms with Crippen molar-refractivity contribution in [2.24, 2.45) is 0 Å². The molecule has 0 spiro atoms. The number of rotatable bonds is 9. The average Bonchev–Trinajstić information content (AvgIpc) is 2.42. The van der Waals surface area contributed by atoms with E-state index in [1.807, 2.05) is 25.1 Å². The molecule has 3 unspecified atom stereocenters. The van der Waals surface area contributed by atoms with E-state index in [1.54, 1.807) is 6.92 Å². The van der Waals surface area contributed by atoms with Gasteiger partial charge in [-0.25, -0.2) is 0 Å². The standard InChI is InChI=1S/C16H27NO3/c1-4-14-6-5-7-16(9-14)20-11-15(19)10-17-12(2)8-13(3)18/h5-7,9,12-13,15,17-19H,4,8,10-11H2,1-3H3. The predicted octanol–water partition coefficient (Wildman–Crippen LogP) is 1.74. The van der Waals surface area contributed by atoms with Gasteiger partial charge in [-0.15, -0.1) is 0 Å². The van der Waals surface area contributed by atoms with Crippen molar-refractivity contribution in [1.29, 1.82) is 0 Å². The first-order chi connectivity index (χ1) is 9.51. The van der Waals surface area contributed by atoms with E-state index in [1.165, 1.54) is 5.56 Å². The second-order valence-corrected chi connectivity index (χ2v) is 5.36. The maximum Gasteiger partial charge on any atom is 0.119 e. The molecule has 0 aliphatic heterocycles. The number of ether oxygens (including phenoxy) is 1. The van der Waals surface area contributed by atoms with Crippen molar-refractivity contribution in [1.82, 2.24) is 5.32 Å². The summed E-state index contributed by atoms with van der Waals surface area (Å²) < 4.78 is 5.58. The summed E-state index contributed by atoms with van der Waals surface area (Å²) in [6, 6.07) is 8.09. The molecule has 0 aromatic heterocycles. The van der Waals surface area contributed by atoms with Gasteiger partial charge < -0.3 is 20.3 Å². The second-order valence-electron chi connectivity index (χ2n) is 5.36. The lowest BCUT2D eigenvalue weighted by Crippen LogP contribution is -2.37. The summed E-state index contributed by atoms with van der Waals surface area (Å²) in [5.41, 5.74) is 1.22. The third kappa shape index (κ3) is 6.89. The first-order valence-electron chi connectivity index (χ1n) is 7.32. The van der Waals surface area contributed by atoms with Gasteiger partial charge in [0.2, 0.25) is 0 Å². The Morgan fingerprint density at radius 3 is 2.65 bits per heavy atom. The number of aliphatic hydroxyl groups excluding tert-OH is 2. The van der Waals surface area contributed by atoms with E-state index in [2.05, 4.69) is 18.3 Å². The monoisotopic (exact) mass is 281 g/mol. The molecular weight excluding hydrogens is 254 g/mol. The van der Waals surface area contributed by atoms with Crippen LogP contribution in [0.2, 0.25) is 0 Å². The molecule has 0 amide bonds. The van der Waals surface area contributed by atoms with Gasteiger partial charge in [0.1, 0.15) is 18.5 Å². The van der Waals surface area contributed by atoms with E-state index < -0.39 is 6.10 Å². The zero-order chi connectivity index (χ0) is 15.0. The maximum absolute atomic E-state index is 9.87. The molecule has 0 radical (unpaired) electrons. The SMILES string of the molecule is CCc1cccc(OCC(O)CNC(C)CC(C)O)c1. The van der Waals surface area contributed by atoms with Gasteiger partial charge in [0.25, 0.3) is 0 Å². The first kappa shape index (κ1) is 17.0. The number of hydrogen-bond donors (Lipinski definition) is 3. The van der Waals surface area contributed by atoms with E-state index in [0.29, 0.717) is 13.0 Å². The van der Waals surface area contributed by atoms with E-state index in [-0.39, 0.29) is 18.8 Å². The number of hydrogen-bond acceptors (Lipinski definition) is 4.